The van der Waals surface area contributed by atoms with Crippen LogP contribution in [0.3, 0.4) is 0 Å². The molecule has 3 rings (SSSR count). The molecule has 0 atom stereocenters. The molecular weight excluding hydrogens is 354 g/mol. The normalized spacial score (nSPS) is 11.4. The highest BCUT2D eigenvalue weighted by atomic mass is 19.4. The van der Waals surface area contributed by atoms with E-state index in [0.29, 0.717) is 11.4 Å². The molecular formula is C17H13F4N3O2. The maximum absolute atomic E-state index is 12.9. The van der Waals surface area contributed by atoms with Gasteiger partial charge in [0.2, 0.25) is 11.8 Å². The summed E-state index contributed by atoms with van der Waals surface area (Å²) in [6, 6.07) is 11.1. The van der Waals surface area contributed by atoms with Crippen molar-refractivity contribution < 1.29 is 27.0 Å². The van der Waals surface area contributed by atoms with Crippen LogP contribution < -0.4 is 9.47 Å². The van der Waals surface area contributed by atoms with Crippen molar-refractivity contribution in [1.29, 1.82) is 0 Å². The Kier molecular flexibility index (Phi) is 4.79. The monoisotopic (exact) mass is 367 g/mol. The minimum absolute atomic E-state index is 0.0853. The van der Waals surface area contributed by atoms with Crippen molar-refractivity contribution in [2.75, 3.05) is 0 Å². The fourth-order valence-electron chi connectivity index (χ4n) is 2.07. The molecule has 0 aliphatic rings. The average molecular weight is 367 g/mol. The molecule has 0 saturated heterocycles. The van der Waals surface area contributed by atoms with Gasteiger partial charge in [-0.2, -0.15) is 18.3 Å². The van der Waals surface area contributed by atoms with Crippen molar-refractivity contribution in [3.8, 4) is 17.5 Å². The van der Waals surface area contributed by atoms with Gasteiger partial charge in [0.25, 0.3) is 0 Å². The van der Waals surface area contributed by atoms with Crippen molar-refractivity contribution in [3.63, 3.8) is 0 Å². The van der Waals surface area contributed by atoms with Gasteiger partial charge in [0, 0.05) is 19.2 Å². The van der Waals surface area contributed by atoms with Gasteiger partial charge in [-0.3, -0.25) is 0 Å². The summed E-state index contributed by atoms with van der Waals surface area (Å²) in [5.41, 5.74) is -0.559. The molecule has 0 amide bonds. The maximum atomic E-state index is 12.9. The minimum atomic E-state index is -4.56. The summed E-state index contributed by atoms with van der Waals surface area (Å²) in [4.78, 5) is 4.17. The first-order valence-electron chi connectivity index (χ1n) is 7.44. The third-order valence-electron chi connectivity index (χ3n) is 3.32. The smallest absolute Gasteiger partial charge is 0.435 e. The molecule has 0 unspecified atom stereocenters. The largest absolute Gasteiger partial charge is 0.487 e. The first-order chi connectivity index (χ1) is 12.3. The second kappa shape index (κ2) is 7.03. The molecule has 26 heavy (non-hydrogen) atoms. The zero-order valence-corrected chi connectivity index (χ0v) is 13.5. The molecule has 5 nitrogen and oxygen atoms in total. The van der Waals surface area contributed by atoms with Crippen LogP contribution in [-0.4, -0.2) is 14.8 Å². The summed E-state index contributed by atoms with van der Waals surface area (Å²) >= 11 is 0. The molecule has 0 radical (unpaired) electrons. The van der Waals surface area contributed by atoms with Crippen LogP contribution in [0, 0.1) is 5.82 Å². The first kappa shape index (κ1) is 17.7. The standard InChI is InChI=1S/C17H13F4N3O2/c1-24-16(9-14(23-24)17(19,20)21)26-15-4-2-3-12(22-15)10-25-13-7-5-11(18)6-8-13/h2-9H,10H2,1H3. The summed E-state index contributed by atoms with van der Waals surface area (Å²) in [5, 5.41) is 3.37. The number of nitrogens with zero attached hydrogens (tertiary/aromatic N) is 3. The Morgan fingerprint density at radius 3 is 2.46 bits per heavy atom. The SMILES string of the molecule is Cn1nc(C(F)(F)F)cc1Oc1cccc(COc2ccc(F)cc2)n1. The van der Waals surface area contributed by atoms with Gasteiger partial charge < -0.3 is 9.47 Å². The molecule has 0 N–H and O–H groups in total. The number of hydrogen-bond acceptors (Lipinski definition) is 4. The van der Waals surface area contributed by atoms with Crippen LogP contribution in [0.4, 0.5) is 17.6 Å². The Labute approximate surface area is 145 Å². The van der Waals surface area contributed by atoms with E-state index in [1.807, 2.05) is 0 Å². The predicted molar refractivity (Wildman–Crippen MR) is 83.3 cm³/mol. The van der Waals surface area contributed by atoms with E-state index in [1.165, 1.54) is 37.4 Å². The predicted octanol–water partition coefficient (Wildman–Crippen LogP) is 4.34. The lowest BCUT2D eigenvalue weighted by atomic mass is 10.3. The highest BCUT2D eigenvalue weighted by Crippen LogP contribution is 2.31. The third kappa shape index (κ3) is 4.29. The fourth-order valence-corrected chi connectivity index (χ4v) is 2.07. The van der Waals surface area contributed by atoms with E-state index < -0.39 is 11.9 Å². The number of pyridine rings is 1. The van der Waals surface area contributed by atoms with E-state index in [9.17, 15) is 17.6 Å². The van der Waals surface area contributed by atoms with E-state index in [-0.39, 0.29) is 24.2 Å². The number of aromatic nitrogens is 3. The van der Waals surface area contributed by atoms with Crippen LogP contribution in [-0.2, 0) is 19.8 Å². The third-order valence-corrected chi connectivity index (χ3v) is 3.32. The summed E-state index contributed by atoms with van der Waals surface area (Å²) in [6.45, 7) is 0.0853. The molecule has 0 fully saturated rings. The summed E-state index contributed by atoms with van der Waals surface area (Å²) in [6.07, 6.45) is -4.56. The molecule has 0 bridgehead atoms. The number of rotatable bonds is 5. The fraction of sp³-hybridized carbons (Fsp3) is 0.176. The molecule has 3 aromatic rings. The van der Waals surface area contributed by atoms with Crippen LogP contribution in [0.15, 0.2) is 48.5 Å². The van der Waals surface area contributed by atoms with Gasteiger partial charge in [-0.15, -0.1) is 0 Å². The summed E-state index contributed by atoms with van der Waals surface area (Å²) < 4.78 is 62.7. The Balaban J connectivity index is 1.69. The highest BCUT2D eigenvalue weighted by molar-refractivity contribution is 5.26. The van der Waals surface area contributed by atoms with Crippen molar-refractivity contribution in [2.45, 2.75) is 12.8 Å². The summed E-state index contributed by atoms with van der Waals surface area (Å²) in [7, 11) is 1.34. The average Bonchev–Trinajstić information content (AvgIpc) is 2.96. The van der Waals surface area contributed by atoms with E-state index in [0.717, 1.165) is 10.7 Å². The number of halogens is 4. The lowest BCUT2D eigenvalue weighted by Crippen LogP contribution is -2.06. The minimum Gasteiger partial charge on any atom is -0.487 e. The number of ether oxygens (including phenoxy) is 2. The van der Waals surface area contributed by atoms with Crippen LogP contribution in [0.25, 0.3) is 0 Å². The molecule has 2 aromatic heterocycles. The van der Waals surface area contributed by atoms with E-state index in [2.05, 4.69) is 10.1 Å². The number of hydrogen-bond donors (Lipinski definition) is 0. The second-order valence-electron chi connectivity index (χ2n) is 5.30. The Morgan fingerprint density at radius 1 is 1.08 bits per heavy atom. The summed E-state index contributed by atoms with van der Waals surface area (Å²) in [5.74, 6) is 0.0876. The number of benzene rings is 1. The van der Waals surface area contributed by atoms with Gasteiger partial charge in [-0.1, -0.05) is 6.07 Å². The molecule has 9 heteroatoms. The van der Waals surface area contributed by atoms with Gasteiger partial charge in [-0.05, 0) is 30.3 Å². The molecule has 0 spiro atoms. The van der Waals surface area contributed by atoms with Gasteiger partial charge in [0.15, 0.2) is 5.69 Å². The van der Waals surface area contributed by atoms with E-state index in [1.54, 1.807) is 12.1 Å². The molecule has 1 aromatic carbocycles. The van der Waals surface area contributed by atoms with Crippen LogP contribution in [0.2, 0.25) is 0 Å². The van der Waals surface area contributed by atoms with Gasteiger partial charge >= 0.3 is 6.18 Å². The maximum Gasteiger partial charge on any atom is 0.435 e. The van der Waals surface area contributed by atoms with Crippen LogP contribution >= 0.6 is 0 Å². The van der Waals surface area contributed by atoms with E-state index >= 15 is 0 Å². The number of aryl methyl sites for hydroxylation is 1. The molecule has 0 aliphatic heterocycles. The van der Waals surface area contributed by atoms with E-state index in [4.69, 9.17) is 9.47 Å². The van der Waals surface area contributed by atoms with Crippen LogP contribution in [0.1, 0.15) is 11.4 Å². The number of alkyl halides is 3. The molecule has 0 saturated carbocycles. The molecule has 136 valence electrons. The second-order valence-corrected chi connectivity index (χ2v) is 5.30. The highest BCUT2D eigenvalue weighted by Gasteiger charge is 2.35. The Morgan fingerprint density at radius 2 is 1.81 bits per heavy atom. The van der Waals surface area contributed by atoms with Crippen LogP contribution in [0.5, 0.6) is 17.5 Å². The quantitative estimate of drug-likeness (QED) is 0.630. The van der Waals surface area contributed by atoms with Crippen molar-refractivity contribution in [1.82, 2.24) is 14.8 Å². The van der Waals surface area contributed by atoms with Crippen molar-refractivity contribution in [3.05, 3.63) is 65.7 Å². The zero-order valence-electron chi connectivity index (χ0n) is 13.5. The Hall–Kier alpha value is -3.10. The van der Waals surface area contributed by atoms with Crippen molar-refractivity contribution >= 4 is 0 Å². The first-order valence-corrected chi connectivity index (χ1v) is 7.44. The van der Waals surface area contributed by atoms with Gasteiger partial charge in [0.05, 0.1) is 5.69 Å². The van der Waals surface area contributed by atoms with Gasteiger partial charge in [-0.25, -0.2) is 14.1 Å². The molecule has 0 aliphatic carbocycles. The lowest BCUT2D eigenvalue weighted by Gasteiger charge is -2.08. The van der Waals surface area contributed by atoms with Gasteiger partial charge in [0.1, 0.15) is 18.2 Å². The Bertz CT molecular complexity index is 892. The molecule has 2 heterocycles. The lowest BCUT2D eigenvalue weighted by molar-refractivity contribution is -0.141. The zero-order chi connectivity index (χ0) is 18.7. The van der Waals surface area contributed by atoms with Crippen molar-refractivity contribution in [2.24, 2.45) is 7.05 Å². The topological polar surface area (TPSA) is 49.2 Å².